The van der Waals surface area contributed by atoms with Crippen LogP contribution in [0.5, 0.6) is 0 Å². The predicted octanol–water partition coefficient (Wildman–Crippen LogP) is 7.22. The molecular formula is C23H14Cl3NO2. The van der Waals surface area contributed by atoms with Gasteiger partial charge >= 0.3 is 5.97 Å². The molecule has 1 heterocycles. The molecule has 0 amide bonds. The number of carbonyl (C=O) groups excluding carboxylic acids is 1. The number of halogens is 3. The van der Waals surface area contributed by atoms with Crippen molar-refractivity contribution in [3.8, 4) is 11.3 Å². The van der Waals surface area contributed by atoms with Crippen LogP contribution in [0.4, 0.5) is 0 Å². The van der Waals surface area contributed by atoms with E-state index in [1.165, 1.54) is 0 Å². The first kappa shape index (κ1) is 19.7. The molecule has 3 aromatic carbocycles. The van der Waals surface area contributed by atoms with Crippen molar-refractivity contribution in [3.63, 3.8) is 0 Å². The van der Waals surface area contributed by atoms with E-state index < -0.39 is 5.97 Å². The predicted molar refractivity (Wildman–Crippen MR) is 118 cm³/mol. The van der Waals surface area contributed by atoms with Crippen LogP contribution in [0.3, 0.4) is 0 Å². The maximum atomic E-state index is 12.9. The van der Waals surface area contributed by atoms with Crippen LogP contribution in [0.1, 0.15) is 15.9 Å². The van der Waals surface area contributed by atoms with E-state index in [1.807, 2.05) is 42.5 Å². The summed E-state index contributed by atoms with van der Waals surface area (Å²) in [4.78, 5) is 17.6. The average Bonchev–Trinajstić information content (AvgIpc) is 2.72. The summed E-state index contributed by atoms with van der Waals surface area (Å²) in [6.07, 6.45) is 0. The van der Waals surface area contributed by atoms with Gasteiger partial charge in [-0.2, -0.15) is 0 Å². The molecule has 4 rings (SSSR count). The van der Waals surface area contributed by atoms with E-state index in [2.05, 4.69) is 4.98 Å². The minimum atomic E-state index is -0.470. The molecule has 0 bridgehead atoms. The maximum absolute atomic E-state index is 12.9. The molecule has 0 unspecified atom stereocenters. The highest BCUT2D eigenvalue weighted by atomic mass is 35.5. The van der Waals surface area contributed by atoms with Crippen molar-refractivity contribution in [3.05, 3.63) is 99.0 Å². The van der Waals surface area contributed by atoms with Gasteiger partial charge in [0.05, 0.1) is 16.8 Å². The molecule has 6 heteroatoms. The van der Waals surface area contributed by atoms with E-state index in [0.29, 0.717) is 42.8 Å². The van der Waals surface area contributed by atoms with Crippen molar-refractivity contribution in [2.45, 2.75) is 6.61 Å². The summed E-state index contributed by atoms with van der Waals surface area (Å²) < 4.78 is 5.54. The van der Waals surface area contributed by atoms with Gasteiger partial charge in [0.15, 0.2) is 0 Å². The van der Waals surface area contributed by atoms with Crippen LogP contribution in [0.2, 0.25) is 15.1 Å². The van der Waals surface area contributed by atoms with E-state index in [4.69, 9.17) is 39.5 Å². The molecule has 0 aliphatic carbocycles. The van der Waals surface area contributed by atoms with Gasteiger partial charge in [-0.25, -0.2) is 9.78 Å². The average molecular weight is 443 g/mol. The molecular weight excluding hydrogens is 429 g/mol. The van der Waals surface area contributed by atoms with Crippen molar-refractivity contribution in [1.29, 1.82) is 0 Å². The van der Waals surface area contributed by atoms with Crippen LogP contribution in [0.15, 0.2) is 72.8 Å². The third-order valence-corrected chi connectivity index (χ3v) is 5.38. The minimum Gasteiger partial charge on any atom is -0.457 e. The van der Waals surface area contributed by atoms with Crippen LogP contribution in [0, 0.1) is 0 Å². The van der Waals surface area contributed by atoms with Gasteiger partial charge in [-0.15, -0.1) is 0 Å². The topological polar surface area (TPSA) is 39.2 Å². The van der Waals surface area contributed by atoms with Gasteiger partial charge in [-0.3, -0.25) is 0 Å². The number of hydrogen-bond donors (Lipinski definition) is 0. The molecule has 0 aliphatic rings. The molecule has 0 saturated heterocycles. The van der Waals surface area contributed by atoms with E-state index in [9.17, 15) is 4.79 Å². The molecule has 0 fully saturated rings. The van der Waals surface area contributed by atoms with Crippen molar-refractivity contribution < 1.29 is 9.53 Å². The molecule has 144 valence electrons. The molecule has 0 radical (unpaired) electrons. The smallest absolute Gasteiger partial charge is 0.339 e. The Hall–Kier alpha value is -2.59. The van der Waals surface area contributed by atoms with E-state index in [-0.39, 0.29) is 6.61 Å². The van der Waals surface area contributed by atoms with Gasteiger partial charge in [0, 0.05) is 31.6 Å². The molecule has 4 aromatic rings. The third kappa shape index (κ3) is 4.23. The summed E-state index contributed by atoms with van der Waals surface area (Å²) in [6, 6.07) is 21.5. The third-order valence-electron chi connectivity index (χ3n) is 4.46. The summed E-state index contributed by atoms with van der Waals surface area (Å²) in [6.45, 7) is 0.0346. The van der Waals surface area contributed by atoms with Crippen LogP contribution in [-0.4, -0.2) is 11.0 Å². The van der Waals surface area contributed by atoms with E-state index >= 15 is 0 Å². The number of fused-ring (bicyclic) bond motifs is 1. The second-order valence-corrected chi connectivity index (χ2v) is 7.61. The van der Waals surface area contributed by atoms with E-state index in [0.717, 1.165) is 5.56 Å². The van der Waals surface area contributed by atoms with Crippen LogP contribution >= 0.6 is 34.8 Å². The number of carbonyl (C=O) groups is 1. The van der Waals surface area contributed by atoms with Gasteiger partial charge in [0.25, 0.3) is 0 Å². The Morgan fingerprint density at radius 1 is 0.862 bits per heavy atom. The Balaban J connectivity index is 1.72. The molecule has 3 nitrogen and oxygen atoms in total. The Kier molecular flexibility index (Phi) is 5.72. The lowest BCUT2D eigenvalue weighted by Gasteiger charge is -2.11. The lowest BCUT2D eigenvalue weighted by Crippen LogP contribution is -2.07. The van der Waals surface area contributed by atoms with Gasteiger partial charge in [0.1, 0.15) is 6.61 Å². The van der Waals surface area contributed by atoms with Gasteiger partial charge in [-0.05, 0) is 30.3 Å². The summed E-state index contributed by atoms with van der Waals surface area (Å²) in [5.74, 6) is -0.470. The second kappa shape index (κ2) is 8.42. The zero-order valence-corrected chi connectivity index (χ0v) is 17.3. The second-order valence-electron chi connectivity index (χ2n) is 6.36. The number of esters is 1. The quantitative estimate of drug-likeness (QED) is 0.313. The standard InChI is InChI=1S/C23H14Cl3NO2/c24-15-10-9-14(20(26)11-15)13-29-23(28)18-12-22(17-6-1-3-7-19(17)25)27-21-8-4-2-5-16(18)21/h1-12H,13H2. The number of ether oxygens (including phenoxy) is 1. The SMILES string of the molecule is O=C(OCc1ccc(Cl)cc1Cl)c1cc(-c2ccccc2Cl)nc2ccccc12. The largest absolute Gasteiger partial charge is 0.457 e. The van der Waals surface area contributed by atoms with Crippen molar-refractivity contribution in [2.75, 3.05) is 0 Å². The fourth-order valence-corrected chi connectivity index (χ4v) is 3.71. The van der Waals surface area contributed by atoms with Crippen molar-refractivity contribution >= 4 is 51.7 Å². The molecule has 0 N–H and O–H groups in total. The zero-order chi connectivity index (χ0) is 20.4. The number of rotatable bonds is 4. The summed E-state index contributed by atoms with van der Waals surface area (Å²) in [5.41, 5.74) is 3.12. The number of pyridine rings is 1. The number of hydrogen-bond acceptors (Lipinski definition) is 3. The molecule has 1 aromatic heterocycles. The number of para-hydroxylation sites is 1. The lowest BCUT2D eigenvalue weighted by atomic mass is 10.0. The number of benzene rings is 3. The van der Waals surface area contributed by atoms with Gasteiger partial charge in [0.2, 0.25) is 0 Å². The Morgan fingerprint density at radius 2 is 1.62 bits per heavy atom. The summed E-state index contributed by atoms with van der Waals surface area (Å²) in [5, 5.41) is 2.23. The summed E-state index contributed by atoms with van der Waals surface area (Å²) >= 11 is 18.4. The van der Waals surface area contributed by atoms with E-state index in [1.54, 1.807) is 30.3 Å². The van der Waals surface area contributed by atoms with Crippen molar-refractivity contribution in [1.82, 2.24) is 4.98 Å². The molecule has 0 spiro atoms. The number of nitrogens with zero attached hydrogens (tertiary/aromatic N) is 1. The highest BCUT2D eigenvalue weighted by molar-refractivity contribution is 6.35. The monoisotopic (exact) mass is 441 g/mol. The fraction of sp³-hybridized carbons (Fsp3) is 0.0435. The Morgan fingerprint density at radius 3 is 2.41 bits per heavy atom. The van der Waals surface area contributed by atoms with Crippen molar-refractivity contribution in [2.24, 2.45) is 0 Å². The summed E-state index contributed by atoms with van der Waals surface area (Å²) in [7, 11) is 0. The van der Waals surface area contributed by atoms with Crippen LogP contribution < -0.4 is 0 Å². The first-order valence-corrected chi connectivity index (χ1v) is 9.92. The maximum Gasteiger partial charge on any atom is 0.339 e. The molecule has 29 heavy (non-hydrogen) atoms. The van der Waals surface area contributed by atoms with Crippen LogP contribution in [-0.2, 0) is 11.3 Å². The molecule has 0 aliphatic heterocycles. The Labute approximate surface area is 182 Å². The lowest BCUT2D eigenvalue weighted by molar-refractivity contribution is 0.0475. The Bertz CT molecular complexity index is 1220. The van der Waals surface area contributed by atoms with Gasteiger partial charge in [-0.1, -0.05) is 77.3 Å². The minimum absolute atomic E-state index is 0.0346. The first-order valence-electron chi connectivity index (χ1n) is 8.78. The molecule has 0 atom stereocenters. The van der Waals surface area contributed by atoms with Gasteiger partial charge < -0.3 is 4.74 Å². The normalized spacial score (nSPS) is 10.9. The highest BCUT2D eigenvalue weighted by Crippen LogP contribution is 2.30. The first-order chi connectivity index (χ1) is 14.0. The zero-order valence-electron chi connectivity index (χ0n) is 15.0. The number of aromatic nitrogens is 1. The molecule has 0 saturated carbocycles. The fourth-order valence-electron chi connectivity index (χ4n) is 3.01. The van der Waals surface area contributed by atoms with Crippen LogP contribution in [0.25, 0.3) is 22.2 Å². The highest BCUT2D eigenvalue weighted by Gasteiger charge is 2.17.